The summed E-state index contributed by atoms with van der Waals surface area (Å²) in [6, 6.07) is 9.25. The van der Waals surface area contributed by atoms with Crippen LogP contribution in [0.25, 0.3) is 33.0 Å². The van der Waals surface area contributed by atoms with Crippen molar-refractivity contribution in [3.63, 3.8) is 0 Å². The first-order valence-electron chi connectivity index (χ1n) is 7.83. The van der Waals surface area contributed by atoms with E-state index in [9.17, 15) is 13.2 Å². The van der Waals surface area contributed by atoms with E-state index in [0.29, 0.717) is 28.3 Å². The molecule has 0 unspecified atom stereocenters. The third-order valence-electron chi connectivity index (χ3n) is 4.04. The van der Waals surface area contributed by atoms with Crippen LogP contribution in [-0.4, -0.2) is 19.4 Å². The number of alkyl halides is 2. The highest BCUT2D eigenvalue weighted by Gasteiger charge is 2.19. The first-order valence-corrected chi connectivity index (χ1v) is 7.83. The van der Waals surface area contributed by atoms with Gasteiger partial charge < -0.3 is 4.85 Å². The standard InChI is InChI=1S/C19H10F3N5/c1-23-16-9-25-15-7-4-11(10-27(15)16)12-3-2-8-24-17(12)14-6-5-13(20)18(26-14)19(21)22/h2-10,19H. The zero-order valence-electron chi connectivity index (χ0n) is 13.6. The normalized spacial score (nSPS) is 11.1. The number of nitrogens with zero attached hydrogens (tertiary/aromatic N) is 5. The number of imidazole rings is 1. The van der Waals surface area contributed by atoms with Crippen molar-refractivity contribution in [2.75, 3.05) is 0 Å². The van der Waals surface area contributed by atoms with Crippen LogP contribution in [-0.2, 0) is 0 Å². The van der Waals surface area contributed by atoms with Crippen LogP contribution in [0.4, 0.5) is 19.0 Å². The highest BCUT2D eigenvalue weighted by Crippen LogP contribution is 2.32. The zero-order valence-corrected chi connectivity index (χ0v) is 13.6. The summed E-state index contributed by atoms with van der Waals surface area (Å²) < 4.78 is 41.2. The topological polar surface area (TPSA) is 47.4 Å². The fourth-order valence-corrected chi connectivity index (χ4v) is 2.79. The lowest BCUT2D eigenvalue weighted by molar-refractivity contribution is 0.140. The lowest BCUT2D eigenvalue weighted by atomic mass is 10.0. The first kappa shape index (κ1) is 16.7. The van der Waals surface area contributed by atoms with Crippen molar-refractivity contribution in [3.05, 3.63) is 77.9 Å². The van der Waals surface area contributed by atoms with Gasteiger partial charge in [0.25, 0.3) is 12.2 Å². The maximum atomic E-state index is 13.6. The van der Waals surface area contributed by atoms with Crippen molar-refractivity contribution in [2.45, 2.75) is 6.43 Å². The fourth-order valence-electron chi connectivity index (χ4n) is 2.79. The number of rotatable bonds is 3. The van der Waals surface area contributed by atoms with Gasteiger partial charge in [0.15, 0.2) is 5.82 Å². The number of fused-ring (bicyclic) bond motifs is 1. The number of aromatic nitrogens is 4. The van der Waals surface area contributed by atoms with Crippen molar-refractivity contribution in [2.24, 2.45) is 0 Å². The monoisotopic (exact) mass is 365 g/mol. The Bertz CT molecular complexity index is 1190. The molecule has 0 fully saturated rings. The highest BCUT2D eigenvalue weighted by molar-refractivity contribution is 5.79. The lowest BCUT2D eigenvalue weighted by Gasteiger charge is -2.10. The Labute approximate surface area is 151 Å². The molecule has 0 saturated heterocycles. The predicted molar refractivity (Wildman–Crippen MR) is 92.8 cm³/mol. The van der Waals surface area contributed by atoms with Crippen LogP contribution in [0.5, 0.6) is 0 Å². The third-order valence-corrected chi connectivity index (χ3v) is 4.04. The molecule has 0 atom stereocenters. The molecule has 0 radical (unpaired) electrons. The second-order valence-corrected chi connectivity index (χ2v) is 5.64. The van der Waals surface area contributed by atoms with Gasteiger partial charge in [0.05, 0.1) is 23.8 Å². The SMILES string of the molecule is [C-]#[N+]c1cnc2ccc(-c3cccnc3-c3ccc(F)c(C(F)F)n3)cn12. The van der Waals surface area contributed by atoms with Gasteiger partial charge in [-0.15, -0.1) is 0 Å². The van der Waals surface area contributed by atoms with Gasteiger partial charge in [-0.1, -0.05) is 12.6 Å². The van der Waals surface area contributed by atoms with Gasteiger partial charge in [0.2, 0.25) is 5.65 Å². The molecular formula is C19H10F3N5. The van der Waals surface area contributed by atoms with Crippen molar-refractivity contribution in [3.8, 4) is 22.5 Å². The summed E-state index contributed by atoms with van der Waals surface area (Å²) in [5, 5.41) is 0. The highest BCUT2D eigenvalue weighted by atomic mass is 19.3. The molecule has 0 N–H and O–H groups in total. The minimum Gasteiger partial charge on any atom is -0.362 e. The minimum absolute atomic E-state index is 0.137. The molecule has 5 nitrogen and oxygen atoms in total. The molecule has 4 aromatic heterocycles. The molecule has 0 aromatic carbocycles. The summed E-state index contributed by atoms with van der Waals surface area (Å²) in [6.45, 7) is 7.21. The second kappa shape index (κ2) is 6.53. The summed E-state index contributed by atoms with van der Waals surface area (Å²) in [4.78, 5) is 15.6. The van der Waals surface area contributed by atoms with Crippen LogP contribution in [0.3, 0.4) is 0 Å². The van der Waals surface area contributed by atoms with E-state index >= 15 is 0 Å². The Morgan fingerprint density at radius 1 is 1.07 bits per heavy atom. The quantitative estimate of drug-likeness (QED) is 0.475. The first-order chi connectivity index (χ1) is 13.1. The molecule has 0 aliphatic rings. The summed E-state index contributed by atoms with van der Waals surface area (Å²) in [6.07, 6.45) is 1.66. The molecule has 0 saturated carbocycles. The summed E-state index contributed by atoms with van der Waals surface area (Å²) in [5.41, 5.74) is 1.47. The minimum atomic E-state index is -3.03. The average Bonchev–Trinajstić information content (AvgIpc) is 3.10. The van der Waals surface area contributed by atoms with Crippen LogP contribution in [0.15, 0.2) is 55.0 Å². The summed E-state index contributed by atoms with van der Waals surface area (Å²) >= 11 is 0. The molecule has 132 valence electrons. The van der Waals surface area contributed by atoms with Crippen LogP contribution < -0.4 is 0 Å². The van der Waals surface area contributed by atoms with Crippen molar-refractivity contribution < 1.29 is 13.2 Å². The van der Waals surface area contributed by atoms with E-state index in [1.165, 1.54) is 18.5 Å². The second-order valence-electron chi connectivity index (χ2n) is 5.64. The van der Waals surface area contributed by atoms with Gasteiger partial charge in [-0.05, 0) is 24.3 Å². The van der Waals surface area contributed by atoms with Crippen molar-refractivity contribution in [1.29, 1.82) is 0 Å². The maximum Gasteiger partial charge on any atom is 0.283 e. The van der Waals surface area contributed by atoms with Gasteiger partial charge in [-0.3, -0.25) is 4.98 Å². The van der Waals surface area contributed by atoms with E-state index in [-0.39, 0.29) is 5.69 Å². The number of halogens is 3. The Balaban J connectivity index is 1.90. The maximum absolute atomic E-state index is 13.6. The molecule has 0 aliphatic heterocycles. The van der Waals surface area contributed by atoms with Gasteiger partial charge in [-0.25, -0.2) is 27.5 Å². The van der Waals surface area contributed by atoms with E-state index in [2.05, 4.69) is 19.8 Å². The summed E-state index contributed by atoms with van der Waals surface area (Å²) in [5.74, 6) is -0.718. The smallest absolute Gasteiger partial charge is 0.283 e. The van der Waals surface area contributed by atoms with Crippen molar-refractivity contribution in [1.82, 2.24) is 19.4 Å². The summed E-state index contributed by atoms with van der Waals surface area (Å²) in [7, 11) is 0. The Kier molecular flexibility index (Phi) is 4.05. The van der Waals surface area contributed by atoms with Crippen LogP contribution in [0.1, 0.15) is 12.1 Å². The van der Waals surface area contributed by atoms with Crippen LogP contribution in [0, 0.1) is 12.4 Å². The fraction of sp³-hybridized carbons (Fsp3) is 0.0526. The van der Waals surface area contributed by atoms with E-state index < -0.39 is 17.9 Å². The number of pyridine rings is 3. The molecule has 0 spiro atoms. The molecule has 4 rings (SSSR count). The molecular weight excluding hydrogens is 355 g/mol. The Morgan fingerprint density at radius 3 is 2.70 bits per heavy atom. The van der Waals surface area contributed by atoms with Gasteiger partial charge in [0.1, 0.15) is 5.69 Å². The molecule has 0 amide bonds. The van der Waals surface area contributed by atoms with E-state index in [1.807, 2.05) is 0 Å². The van der Waals surface area contributed by atoms with E-state index in [0.717, 1.165) is 6.07 Å². The van der Waals surface area contributed by atoms with Gasteiger partial charge >= 0.3 is 0 Å². The zero-order chi connectivity index (χ0) is 19.0. The molecule has 0 aliphatic carbocycles. The largest absolute Gasteiger partial charge is 0.362 e. The molecule has 27 heavy (non-hydrogen) atoms. The lowest BCUT2D eigenvalue weighted by Crippen LogP contribution is -1.99. The van der Waals surface area contributed by atoms with E-state index in [1.54, 1.807) is 34.9 Å². The molecule has 0 bridgehead atoms. The Hall–Kier alpha value is -3.73. The van der Waals surface area contributed by atoms with Crippen LogP contribution >= 0.6 is 0 Å². The third kappa shape index (κ3) is 2.89. The number of hydrogen-bond acceptors (Lipinski definition) is 3. The molecule has 4 heterocycles. The van der Waals surface area contributed by atoms with Crippen molar-refractivity contribution >= 4 is 11.5 Å². The average molecular weight is 365 g/mol. The van der Waals surface area contributed by atoms with Gasteiger partial charge in [-0.2, -0.15) is 0 Å². The van der Waals surface area contributed by atoms with Crippen LogP contribution in [0.2, 0.25) is 0 Å². The van der Waals surface area contributed by atoms with E-state index in [4.69, 9.17) is 6.57 Å². The van der Waals surface area contributed by atoms with Gasteiger partial charge in [0, 0.05) is 23.4 Å². The predicted octanol–water partition coefficient (Wildman–Crippen LogP) is 5.09. The molecule has 4 aromatic rings. The Morgan fingerprint density at radius 2 is 1.93 bits per heavy atom. The number of hydrogen-bond donors (Lipinski definition) is 0. The molecule has 8 heteroatoms.